The molecule has 0 aliphatic heterocycles. The number of hydrogen-bond acceptors (Lipinski definition) is 3. The van der Waals surface area contributed by atoms with E-state index in [0.717, 1.165) is 26.9 Å². The average Bonchev–Trinajstić information content (AvgIpc) is 2.52. The van der Waals surface area contributed by atoms with Crippen LogP contribution >= 0.6 is 35.6 Å². The predicted molar refractivity (Wildman–Crippen MR) is 99.0 cm³/mol. The Hall–Kier alpha value is -1.56. The summed E-state index contributed by atoms with van der Waals surface area (Å²) in [5.74, 6) is 0. The van der Waals surface area contributed by atoms with Crippen molar-refractivity contribution in [2.24, 2.45) is 5.10 Å². The molecule has 0 heterocycles. The van der Waals surface area contributed by atoms with Gasteiger partial charge in [-0.05, 0) is 61.1 Å². The summed E-state index contributed by atoms with van der Waals surface area (Å²) in [6.45, 7) is 2.76. The SMILES string of the molecule is CCNC(=S)N/N=C\c1ccc(Sc2ccc(Cl)cc2)cc1. The van der Waals surface area contributed by atoms with E-state index in [1.54, 1.807) is 18.0 Å². The van der Waals surface area contributed by atoms with Gasteiger partial charge in [0.05, 0.1) is 6.21 Å². The molecule has 0 aromatic heterocycles. The van der Waals surface area contributed by atoms with Crippen LogP contribution < -0.4 is 10.7 Å². The first kappa shape index (κ1) is 16.8. The minimum absolute atomic E-state index is 0.522. The Kier molecular flexibility index (Phi) is 6.71. The lowest BCUT2D eigenvalue weighted by molar-refractivity contribution is 0.904. The first-order chi connectivity index (χ1) is 10.7. The second-order valence-corrected chi connectivity index (χ2v) is 6.35. The summed E-state index contributed by atoms with van der Waals surface area (Å²) < 4.78 is 0. The summed E-state index contributed by atoms with van der Waals surface area (Å²) in [6.07, 6.45) is 1.74. The number of thiocarbonyl (C=S) groups is 1. The van der Waals surface area contributed by atoms with Gasteiger partial charge in [0.2, 0.25) is 0 Å². The molecule has 22 heavy (non-hydrogen) atoms. The van der Waals surface area contributed by atoms with Crippen LogP contribution in [0, 0.1) is 0 Å². The maximum atomic E-state index is 5.88. The minimum atomic E-state index is 0.522. The second-order valence-electron chi connectivity index (χ2n) is 4.35. The summed E-state index contributed by atoms with van der Waals surface area (Å²) in [4.78, 5) is 2.32. The molecule has 6 heteroatoms. The second kappa shape index (κ2) is 8.78. The molecule has 0 unspecified atom stereocenters. The molecule has 2 aromatic carbocycles. The maximum absolute atomic E-state index is 5.88. The lowest BCUT2D eigenvalue weighted by atomic mass is 10.2. The summed E-state index contributed by atoms with van der Waals surface area (Å²) >= 11 is 12.6. The number of nitrogens with one attached hydrogen (secondary N) is 2. The van der Waals surface area contributed by atoms with Gasteiger partial charge in [-0.3, -0.25) is 5.43 Å². The highest BCUT2D eigenvalue weighted by Crippen LogP contribution is 2.28. The van der Waals surface area contributed by atoms with Gasteiger partial charge < -0.3 is 5.32 Å². The third kappa shape index (κ3) is 5.67. The number of hydrazone groups is 1. The van der Waals surface area contributed by atoms with E-state index < -0.39 is 0 Å². The maximum Gasteiger partial charge on any atom is 0.186 e. The molecule has 0 aliphatic rings. The Balaban J connectivity index is 1.91. The number of benzene rings is 2. The van der Waals surface area contributed by atoms with Crippen molar-refractivity contribution in [2.45, 2.75) is 16.7 Å². The Labute approximate surface area is 145 Å². The van der Waals surface area contributed by atoms with Gasteiger partial charge in [0.25, 0.3) is 0 Å². The van der Waals surface area contributed by atoms with Crippen LogP contribution in [0.3, 0.4) is 0 Å². The van der Waals surface area contributed by atoms with Crippen LogP contribution in [-0.4, -0.2) is 17.9 Å². The van der Waals surface area contributed by atoms with Crippen molar-refractivity contribution in [3.05, 3.63) is 59.1 Å². The van der Waals surface area contributed by atoms with E-state index in [1.165, 1.54) is 0 Å². The largest absolute Gasteiger partial charge is 0.362 e. The first-order valence-electron chi connectivity index (χ1n) is 6.78. The topological polar surface area (TPSA) is 36.4 Å². The smallest absolute Gasteiger partial charge is 0.186 e. The zero-order valence-corrected chi connectivity index (χ0v) is 14.4. The van der Waals surface area contributed by atoms with E-state index in [2.05, 4.69) is 28.0 Å². The van der Waals surface area contributed by atoms with Crippen LogP contribution in [0.5, 0.6) is 0 Å². The lowest BCUT2D eigenvalue weighted by Crippen LogP contribution is -2.31. The fourth-order valence-electron chi connectivity index (χ4n) is 1.63. The van der Waals surface area contributed by atoms with Crippen molar-refractivity contribution in [1.29, 1.82) is 0 Å². The highest BCUT2D eigenvalue weighted by atomic mass is 35.5. The number of hydrogen-bond donors (Lipinski definition) is 2. The van der Waals surface area contributed by atoms with E-state index in [1.807, 2.05) is 43.3 Å². The molecule has 0 saturated heterocycles. The molecule has 0 aliphatic carbocycles. The van der Waals surface area contributed by atoms with Crippen molar-refractivity contribution in [2.75, 3.05) is 6.54 Å². The van der Waals surface area contributed by atoms with Crippen LogP contribution in [0.15, 0.2) is 63.4 Å². The third-order valence-electron chi connectivity index (χ3n) is 2.65. The van der Waals surface area contributed by atoms with Gasteiger partial charge in [-0.2, -0.15) is 5.10 Å². The van der Waals surface area contributed by atoms with Crippen molar-refractivity contribution >= 4 is 46.9 Å². The lowest BCUT2D eigenvalue weighted by Gasteiger charge is -2.03. The molecular weight excluding hydrogens is 334 g/mol. The Morgan fingerprint density at radius 1 is 1.14 bits per heavy atom. The molecule has 0 bridgehead atoms. The molecule has 114 valence electrons. The summed E-state index contributed by atoms with van der Waals surface area (Å²) in [5.41, 5.74) is 3.77. The highest BCUT2D eigenvalue weighted by Gasteiger charge is 1.98. The molecule has 2 N–H and O–H groups in total. The molecule has 2 rings (SSSR count). The van der Waals surface area contributed by atoms with Crippen molar-refractivity contribution in [1.82, 2.24) is 10.7 Å². The quantitative estimate of drug-likeness (QED) is 0.479. The van der Waals surface area contributed by atoms with E-state index >= 15 is 0 Å². The molecule has 0 spiro atoms. The van der Waals surface area contributed by atoms with Gasteiger partial charge in [-0.25, -0.2) is 0 Å². The standard InChI is InChI=1S/C16H16ClN3S2/c1-2-18-16(21)20-19-11-12-3-7-14(8-4-12)22-15-9-5-13(17)6-10-15/h3-11H,2H2,1H3,(H2,18,20,21)/b19-11-. The summed E-state index contributed by atoms with van der Waals surface area (Å²) in [7, 11) is 0. The van der Waals surface area contributed by atoms with Crippen molar-refractivity contribution in [3.8, 4) is 0 Å². The molecular formula is C16H16ClN3S2. The minimum Gasteiger partial charge on any atom is -0.362 e. The van der Waals surface area contributed by atoms with Gasteiger partial charge in [-0.1, -0.05) is 35.5 Å². The highest BCUT2D eigenvalue weighted by molar-refractivity contribution is 7.99. The third-order valence-corrected chi connectivity index (χ3v) is 4.15. The van der Waals surface area contributed by atoms with Crippen LogP contribution in [0.4, 0.5) is 0 Å². The zero-order valence-electron chi connectivity index (χ0n) is 12.0. The molecule has 0 atom stereocenters. The predicted octanol–water partition coefficient (Wildman–Crippen LogP) is 4.31. The zero-order chi connectivity index (χ0) is 15.8. The molecule has 0 fully saturated rings. The fourth-order valence-corrected chi connectivity index (χ4v) is 2.77. The van der Waals surface area contributed by atoms with Crippen LogP contribution in [0.25, 0.3) is 0 Å². The Morgan fingerprint density at radius 3 is 2.32 bits per heavy atom. The van der Waals surface area contributed by atoms with E-state index in [9.17, 15) is 0 Å². The fraction of sp³-hybridized carbons (Fsp3) is 0.125. The van der Waals surface area contributed by atoms with Crippen LogP contribution in [0.1, 0.15) is 12.5 Å². The number of nitrogens with zero attached hydrogens (tertiary/aromatic N) is 1. The van der Waals surface area contributed by atoms with Crippen LogP contribution in [0.2, 0.25) is 5.02 Å². The van der Waals surface area contributed by atoms with Gasteiger partial charge >= 0.3 is 0 Å². The van der Waals surface area contributed by atoms with E-state index in [-0.39, 0.29) is 0 Å². The Bertz CT molecular complexity index is 639. The summed E-state index contributed by atoms with van der Waals surface area (Å²) in [6, 6.07) is 15.9. The van der Waals surface area contributed by atoms with E-state index in [0.29, 0.717) is 5.11 Å². The average molecular weight is 350 g/mol. The molecule has 0 amide bonds. The Morgan fingerprint density at radius 2 is 1.73 bits per heavy atom. The monoisotopic (exact) mass is 349 g/mol. The van der Waals surface area contributed by atoms with Crippen molar-refractivity contribution in [3.63, 3.8) is 0 Å². The molecule has 0 saturated carbocycles. The van der Waals surface area contributed by atoms with E-state index in [4.69, 9.17) is 23.8 Å². The molecule has 0 radical (unpaired) electrons. The van der Waals surface area contributed by atoms with Gasteiger partial charge in [-0.15, -0.1) is 0 Å². The number of rotatable bonds is 5. The first-order valence-corrected chi connectivity index (χ1v) is 8.38. The summed E-state index contributed by atoms with van der Waals surface area (Å²) in [5, 5.41) is 8.32. The van der Waals surface area contributed by atoms with Crippen LogP contribution in [-0.2, 0) is 0 Å². The van der Waals surface area contributed by atoms with Gasteiger partial charge in [0, 0.05) is 21.4 Å². The number of halogens is 1. The molecule has 3 nitrogen and oxygen atoms in total. The van der Waals surface area contributed by atoms with Gasteiger partial charge in [0.1, 0.15) is 0 Å². The van der Waals surface area contributed by atoms with Gasteiger partial charge in [0.15, 0.2) is 5.11 Å². The van der Waals surface area contributed by atoms with Crippen molar-refractivity contribution < 1.29 is 0 Å². The normalized spacial score (nSPS) is 10.6. The molecule has 2 aromatic rings.